The maximum Gasteiger partial charge on any atom is 0.304 e. The van der Waals surface area contributed by atoms with Crippen LogP contribution in [0.15, 0.2) is 0 Å². The van der Waals surface area contributed by atoms with Crippen molar-refractivity contribution in [1.29, 1.82) is 0 Å². The van der Waals surface area contributed by atoms with Crippen LogP contribution in [0.3, 0.4) is 0 Å². The molecule has 1 unspecified atom stereocenters. The van der Waals surface area contributed by atoms with Crippen LogP contribution in [0.5, 0.6) is 0 Å². The highest BCUT2D eigenvalue weighted by atomic mass is 16.7. The van der Waals surface area contributed by atoms with Crippen molar-refractivity contribution in [3.8, 4) is 0 Å². The van der Waals surface area contributed by atoms with Crippen LogP contribution in [-0.2, 0) is 14.3 Å². The molecule has 1 saturated heterocycles. The zero-order chi connectivity index (χ0) is 10.7. The predicted octanol–water partition coefficient (Wildman–Crippen LogP) is -1.62. The molecule has 1 heterocycles. The molecule has 1 aliphatic rings. The van der Waals surface area contributed by atoms with Crippen molar-refractivity contribution in [3.63, 3.8) is 0 Å². The number of rotatable bonds is 2. The van der Waals surface area contributed by atoms with Gasteiger partial charge in [-0.2, -0.15) is 0 Å². The number of aliphatic hydroxyl groups is 3. The number of hydrogen-bond donors (Lipinski definition) is 3. The van der Waals surface area contributed by atoms with E-state index in [4.69, 9.17) is 14.6 Å². The van der Waals surface area contributed by atoms with Crippen molar-refractivity contribution in [3.05, 3.63) is 0 Å². The molecule has 0 radical (unpaired) electrons. The molecule has 1 fully saturated rings. The summed E-state index contributed by atoms with van der Waals surface area (Å²) >= 11 is 0. The number of aliphatic hydroxyl groups excluding tert-OH is 3. The first-order valence-electron chi connectivity index (χ1n) is 4.34. The fourth-order valence-corrected chi connectivity index (χ4v) is 1.33. The molecule has 82 valence electrons. The molecule has 0 aromatic carbocycles. The predicted molar refractivity (Wildman–Crippen MR) is 44.1 cm³/mol. The molecular formula is C8H14O6. The summed E-state index contributed by atoms with van der Waals surface area (Å²) in [6.07, 6.45) is -4.00. The molecule has 6 nitrogen and oxygen atoms in total. The summed E-state index contributed by atoms with van der Waals surface area (Å²) in [6.45, 7) is 0.782. The Labute approximate surface area is 81.1 Å². The number of esters is 1. The van der Waals surface area contributed by atoms with Gasteiger partial charge in [0.1, 0.15) is 12.2 Å². The first kappa shape index (κ1) is 11.4. The Hall–Kier alpha value is -0.690. The van der Waals surface area contributed by atoms with Crippen LogP contribution in [0.1, 0.15) is 13.3 Å². The van der Waals surface area contributed by atoms with Crippen molar-refractivity contribution < 1.29 is 29.6 Å². The highest BCUT2D eigenvalue weighted by molar-refractivity contribution is 5.66. The van der Waals surface area contributed by atoms with Crippen molar-refractivity contribution in [1.82, 2.24) is 0 Å². The summed E-state index contributed by atoms with van der Waals surface area (Å²) in [6, 6.07) is 0. The molecule has 1 aliphatic heterocycles. The minimum Gasteiger partial charge on any atom is -0.436 e. The third-order valence-corrected chi connectivity index (χ3v) is 2.01. The number of ether oxygens (including phenoxy) is 2. The van der Waals surface area contributed by atoms with Gasteiger partial charge in [0.2, 0.25) is 6.29 Å². The molecule has 14 heavy (non-hydrogen) atoms. The van der Waals surface area contributed by atoms with Gasteiger partial charge in [0.25, 0.3) is 0 Å². The van der Waals surface area contributed by atoms with Gasteiger partial charge in [0.15, 0.2) is 0 Å². The molecule has 6 heteroatoms. The summed E-state index contributed by atoms with van der Waals surface area (Å²) in [5.41, 5.74) is 0. The molecule has 1 rings (SSSR count). The molecule has 0 bridgehead atoms. The van der Waals surface area contributed by atoms with Crippen molar-refractivity contribution >= 4 is 5.97 Å². The summed E-state index contributed by atoms with van der Waals surface area (Å²) in [5, 5.41) is 27.4. The second kappa shape index (κ2) is 4.70. The normalized spacial score (nSPS) is 38.0. The van der Waals surface area contributed by atoms with Crippen LogP contribution in [0.25, 0.3) is 0 Å². The highest BCUT2D eigenvalue weighted by Crippen LogP contribution is 2.20. The van der Waals surface area contributed by atoms with Crippen LogP contribution in [-0.4, -0.2) is 52.5 Å². The van der Waals surface area contributed by atoms with E-state index in [1.54, 1.807) is 0 Å². The van der Waals surface area contributed by atoms with Crippen molar-refractivity contribution in [2.45, 2.75) is 37.9 Å². The van der Waals surface area contributed by atoms with Crippen LogP contribution < -0.4 is 0 Å². The molecule has 0 amide bonds. The third kappa shape index (κ3) is 2.65. The van der Waals surface area contributed by atoms with Gasteiger partial charge in [-0.25, -0.2) is 0 Å². The molecule has 0 spiro atoms. The maximum absolute atomic E-state index is 10.6. The molecule has 0 aromatic heterocycles. The Balaban J connectivity index is 2.53. The molecular weight excluding hydrogens is 192 g/mol. The Morgan fingerprint density at radius 3 is 2.71 bits per heavy atom. The zero-order valence-electron chi connectivity index (χ0n) is 7.79. The summed E-state index contributed by atoms with van der Waals surface area (Å²) in [5.74, 6) is -0.532. The van der Waals surface area contributed by atoms with Crippen LogP contribution >= 0.6 is 0 Å². The van der Waals surface area contributed by atoms with Crippen molar-refractivity contribution in [2.24, 2.45) is 0 Å². The second-order valence-electron chi connectivity index (χ2n) is 3.19. The third-order valence-electron chi connectivity index (χ3n) is 2.01. The Morgan fingerprint density at radius 2 is 2.21 bits per heavy atom. The average molecular weight is 206 g/mol. The van der Waals surface area contributed by atoms with E-state index in [0.29, 0.717) is 0 Å². The number of carbonyl (C=O) groups excluding carboxylic acids is 1. The standard InChI is InChI=1S/C8H14O6/c1-4(10)13-7-2-5(11)8(12)6(3-9)14-7/h5-9,11-12H,2-3H2,1H3/t5-,6-,7?,8-/m1/s1. The molecule has 0 aliphatic carbocycles. The molecule has 0 aromatic rings. The minimum atomic E-state index is -1.15. The summed E-state index contributed by atoms with van der Waals surface area (Å²) < 4.78 is 9.72. The van der Waals surface area contributed by atoms with Gasteiger partial charge in [-0.05, 0) is 0 Å². The lowest BCUT2D eigenvalue weighted by molar-refractivity contribution is -0.250. The van der Waals surface area contributed by atoms with Gasteiger partial charge in [0, 0.05) is 13.3 Å². The number of carbonyl (C=O) groups is 1. The average Bonchev–Trinajstić information content (AvgIpc) is 2.10. The van der Waals surface area contributed by atoms with E-state index in [1.807, 2.05) is 0 Å². The van der Waals surface area contributed by atoms with Crippen LogP contribution in [0.4, 0.5) is 0 Å². The van der Waals surface area contributed by atoms with E-state index in [0.717, 1.165) is 0 Å². The first-order chi connectivity index (χ1) is 6.54. The van der Waals surface area contributed by atoms with E-state index in [2.05, 4.69) is 0 Å². The second-order valence-corrected chi connectivity index (χ2v) is 3.19. The van der Waals surface area contributed by atoms with Crippen molar-refractivity contribution in [2.75, 3.05) is 6.61 Å². The molecule has 4 atom stereocenters. The topological polar surface area (TPSA) is 96.2 Å². The lowest BCUT2D eigenvalue weighted by Crippen LogP contribution is -2.50. The largest absolute Gasteiger partial charge is 0.436 e. The fourth-order valence-electron chi connectivity index (χ4n) is 1.33. The Morgan fingerprint density at radius 1 is 1.57 bits per heavy atom. The smallest absolute Gasteiger partial charge is 0.304 e. The monoisotopic (exact) mass is 206 g/mol. The van der Waals surface area contributed by atoms with Gasteiger partial charge in [-0.15, -0.1) is 0 Å². The SMILES string of the molecule is CC(=O)OC1C[C@@H](O)[C@@H](O)[C@@H](CO)O1. The molecule has 3 N–H and O–H groups in total. The summed E-state index contributed by atoms with van der Waals surface area (Å²) in [7, 11) is 0. The maximum atomic E-state index is 10.6. The Bertz CT molecular complexity index is 206. The van der Waals surface area contributed by atoms with E-state index in [1.165, 1.54) is 6.92 Å². The summed E-state index contributed by atoms with van der Waals surface area (Å²) in [4.78, 5) is 10.6. The van der Waals surface area contributed by atoms with Crippen LogP contribution in [0, 0.1) is 0 Å². The zero-order valence-corrected chi connectivity index (χ0v) is 7.79. The minimum absolute atomic E-state index is 0.0112. The lowest BCUT2D eigenvalue weighted by atomic mass is 10.0. The van der Waals surface area contributed by atoms with Gasteiger partial charge < -0.3 is 24.8 Å². The fraction of sp³-hybridized carbons (Fsp3) is 0.875. The van der Waals surface area contributed by atoms with E-state index in [-0.39, 0.29) is 6.42 Å². The van der Waals surface area contributed by atoms with E-state index in [9.17, 15) is 15.0 Å². The van der Waals surface area contributed by atoms with E-state index >= 15 is 0 Å². The van der Waals surface area contributed by atoms with Crippen LogP contribution in [0.2, 0.25) is 0 Å². The molecule has 0 saturated carbocycles. The quantitative estimate of drug-likeness (QED) is 0.470. The van der Waals surface area contributed by atoms with Gasteiger partial charge in [-0.1, -0.05) is 0 Å². The first-order valence-corrected chi connectivity index (χ1v) is 4.34. The Kier molecular flexibility index (Phi) is 3.82. The van der Waals surface area contributed by atoms with Gasteiger partial charge in [-0.3, -0.25) is 4.79 Å². The number of hydrogen-bond acceptors (Lipinski definition) is 6. The highest BCUT2D eigenvalue weighted by Gasteiger charge is 2.37. The lowest BCUT2D eigenvalue weighted by Gasteiger charge is -2.35. The van der Waals surface area contributed by atoms with E-state index < -0.39 is 37.2 Å². The van der Waals surface area contributed by atoms with Gasteiger partial charge in [0.05, 0.1) is 12.7 Å². The van der Waals surface area contributed by atoms with Gasteiger partial charge >= 0.3 is 5.97 Å².